The molecule has 27 heavy (non-hydrogen) atoms. The van der Waals surface area contributed by atoms with Crippen LogP contribution in [-0.2, 0) is 14.8 Å². The molecule has 0 aliphatic heterocycles. The summed E-state index contributed by atoms with van der Waals surface area (Å²) in [5.74, 6) is -0.329. The number of methoxy groups -OCH3 is 2. The van der Waals surface area contributed by atoms with Crippen LogP contribution in [0.5, 0.6) is 5.75 Å². The fourth-order valence-corrected chi connectivity index (χ4v) is 4.76. The molecule has 0 aliphatic carbocycles. The van der Waals surface area contributed by atoms with E-state index >= 15 is 0 Å². The van der Waals surface area contributed by atoms with Crippen LogP contribution in [0.15, 0.2) is 23.1 Å². The van der Waals surface area contributed by atoms with Gasteiger partial charge in [-0.25, -0.2) is 13.2 Å². The molecule has 0 bridgehead atoms. The van der Waals surface area contributed by atoms with Crippen LogP contribution in [0, 0.1) is 34.6 Å². The van der Waals surface area contributed by atoms with E-state index in [0.29, 0.717) is 5.69 Å². The maximum atomic E-state index is 13.1. The van der Waals surface area contributed by atoms with Gasteiger partial charge in [0.05, 0.1) is 24.8 Å². The van der Waals surface area contributed by atoms with Crippen LogP contribution in [0.3, 0.4) is 0 Å². The molecule has 0 saturated carbocycles. The van der Waals surface area contributed by atoms with E-state index in [1.807, 2.05) is 34.6 Å². The summed E-state index contributed by atoms with van der Waals surface area (Å²) in [6, 6.07) is 4.43. The quantitative estimate of drug-likeness (QED) is 0.784. The Labute approximate surface area is 160 Å². The van der Waals surface area contributed by atoms with Gasteiger partial charge in [0.25, 0.3) is 10.0 Å². The molecule has 146 valence electrons. The molecule has 0 aromatic heterocycles. The summed E-state index contributed by atoms with van der Waals surface area (Å²) in [6.45, 7) is 9.45. The molecule has 0 spiro atoms. The number of ether oxygens (including phenoxy) is 2. The van der Waals surface area contributed by atoms with Crippen molar-refractivity contribution < 1.29 is 22.7 Å². The number of carbonyl (C=O) groups is 1. The molecule has 0 unspecified atom stereocenters. The fourth-order valence-electron chi connectivity index (χ4n) is 3.11. The smallest absolute Gasteiger partial charge is 0.341 e. The van der Waals surface area contributed by atoms with Crippen molar-refractivity contribution in [2.24, 2.45) is 0 Å². The second-order valence-corrected chi connectivity index (χ2v) is 8.09. The number of rotatable bonds is 5. The van der Waals surface area contributed by atoms with Crippen LogP contribution >= 0.6 is 0 Å². The normalized spacial score (nSPS) is 11.2. The molecule has 2 aromatic rings. The lowest BCUT2D eigenvalue weighted by Gasteiger charge is -2.19. The molecular weight excluding hydrogens is 366 g/mol. The predicted octanol–water partition coefficient (Wildman–Crippen LogP) is 3.82. The monoisotopic (exact) mass is 391 g/mol. The Bertz CT molecular complexity index is 981. The highest BCUT2D eigenvalue weighted by Gasteiger charge is 2.24. The van der Waals surface area contributed by atoms with Crippen LogP contribution in [0.25, 0.3) is 0 Å². The number of hydrogen-bond donors (Lipinski definition) is 1. The van der Waals surface area contributed by atoms with Gasteiger partial charge in [-0.3, -0.25) is 4.72 Å². The Morgan fingerprint density at radius 1 is 0.889 bits per heavy atom. The fraction of sp³-hybridized carbons (Fsp3) is 0.350. The van der Waals surface area contributed by atoms with Crippen molar-refractivity contribution in [2.75, 3.05) is 18.9 Å². The maximum absolute atomic E-state index is 13.1. The number of sulfonamides is 1. The van der Waals surface area contributed by atoms with Crippen LogP contribution < -0.4 is 9.46 Å². The Morgan fingerprint density at radius 2 is 1.41 bits per heavy atom. The minimum Gasteiger partial charge on any atom is -0.496 e. The number of nitrogens with one attached hydrogen (secondary N) is 1. The molecule has 0 aliphatic rings. The molecule has 0 amide bonds. The molecule has 2 aromatic carbocycles. The highest BCUT2D eigenvalue weighted by atomic mass is 32.2. The van der Waals surface area contributed by atoms with Gasteiger partial charge in [-0.1, -0.05) is 0 Å². The zero-order chi connectivity index (χ0) is 20.5. The van der Waals surface area contributed by atoms with Crippen molar-refractivity contribution in [3.8, 4) is 5.75 Å². The van der Waals surface area contributed by atoms with Gasteiger partial charge < -0.3 is 9.47 Å². The summed E-state index contributed by atoms with van der Waals surface area (Å²) < 4.78 is 38.7. The summed E-state index contributed by atoms with van der Waals surface area (Å²) in [7, 11) is -1.15. The maximum Gasteiger partial charge on any atom is 0.341 e. The Kier molecular flexibility index (Phi) is 5.85. The van der Waals surface area contributed by atoms with E-state index in [4.69, 9.17) is 9.47 Å². The Hall–Kier alpha value is -2.54. The highest BCUT2D eigenvalue weighted by Crippen LogP contribution is 2.32. The van der Waals surface area contributed by atoms with E-state index in [2.05, 4.69) is 4.72 Å². The average Bonchev–Trinajstić information content (AvgIpc) is 2.63. The molecule has 0 heterocycles. The number of esters is 1. The van der Waals surface area contributed by atoms with E-state index in [1.165, 1.54) is 32.4 Å². The Balaban J connectivity index is 2.54. The van der Waals surface area contributed by atoms with Gasteiger partial charge in [0, 0.05) is 6.07 Å². The first-order valence-corrected chi connectivity index (χ1v) is 9.89. The summed E-state index contributed by atoms with van der Waals surface area (Å²) in [4.78, 5) is 12.0. The van der Waals surface area contributed by atoms with Gasteiger partial charge >= 0.3 is 5.97 Å². The second-order valence-electron chi connectivity index (χ2n) is 6.47. The van der Waals surface area contributed by atoms with Gasteiger partial charge in [0.1, 0.15) is 11.3 Å². The lowest BCUT2D eigenvalue weighted by atomic mass is 9.95. The molecule has 1 N–H and O–H groups in total. The van der Waals surface area contributed by atoms with Gasteiger partial charge in [0.15, 0.2) is 0 Å². The zero-order valence-corrected chi connectivity index (χ0v) is 17.5. The Morgan fingerprint density at radius 3 is 1.89 bits per heavy atom. The van der Waals surface area contributed by atoms with Gasteiger partial charge in [-0.05, 0) is 74.6 Å². The second kappa shape index (κ2) is 7.60. The van der Waals surface area contributed by atoms with Crippen molar-refractivity contribution in [2.45, 2.75) is 39.5 Å². The zero-order valence-electron chi connectivity index (χ0n) is 16.7. The summed E-state index contributed by atoms with van der Waals surface area (Å²) in [6.07, 6.45) is 0. The van der Waals surface area contributed by atoms with Gasteiger partial charge in [0.2, 0.25) is 0 Å². The molecule has 6 nitrogen and oxygen atoms in total. The van der Waals surface area contributed by atoms with Crippen LogP contribution in [0.2, 0.25) is 0 Å². The molecule has 0 saturated heterocycles. The molecule has 7 heteroatoms. The van der Waals surface area contributed by atoms with Crippen molar-refractivity contribution >= 4 is 21.7 Å². The minimum absolute atomic E-state index is 0.220. The summed E-state index contributed by atoms with van der Waals surface area (Å²) >= 11 is 0. The number of carbonyl (C=O) groups excluding carboxylic acids is 1. The number of hydrogen-bond acceptors (Lipinski definition) is 5. The number of benzene rings is 2. The van der Waals surface area contributed by atoms with Crippen LogP contribution in [-0.4, -0.2) is 28.6 Å². The van der Waals surface area contributed by atoms with E-state index in [0.717, 1.165) is 27.8 Å². The molecule has 0 fully saturated rings. The van der Waals surface area contributed by atoms with Crippen LogP contribution in [0.1, 0.15) is 38.2 Å². The topological polar surface area (TPSA) is 81.7 Å². The standard InChI is InChI=1S/C20H25NO5S/c1-11-12(2)14(4)19(15(5)13(11)3)27(23,24)21-16-8-9-17(20(22)26-7)18(10-16)25-6/h8-10,21H,1-7H3. The first kappa shape index (κ1) is 20.8. The summed E-state index contributed by atoms with van der Waals surface area (Å²) in [5.41, 5.74) is 4.97. The third-order valence-electron chi connectivity index (χ3n) is 5.06. The van der Waals surface area contributed by atoms with Gasteiger partial charge in [-0.2, -0.15) is 0 Å². The van der Waals surface area contributed by atoms with E-state index in [1.54, 1.807) is 0 Å². The largest absolute Gasteiger partial charge is 0.496 e. The molecule has 2 rings (SSSR count). The third kappa shape index (κ3) is 3.78. The van der Waals surface area contributed by atoms with Gasteiger partial charge in [-0.15, -0.1) is 0 Å². The first-order valence-electron chi connectivity index (χ1n) is 8.41. The van der Waals surface area contributed by atoms with Crippen molar-refractivity contribution in [1.82, 2.24) is 0 Å². The van der Waals surface area contributed by atoms with E-state index in [9.17, 15) is 13.2 Å². The number of anilines is 1. The molecule has 0 atom stereocenters. The minimum atomic E-state index is -3.82. The van der Waals surface area contributed by atoms with Crippen molar-refractivity contribution in [3.63, 3.8) is 0 Å². The molecular formula is C20H25NO5S. The lowest BCUT2D eigenvalue weighted by Crippen LogP contribution is -2.18. The third-order valence-corrected chi connectivity index (χ3v) is 6.71. The lowest BCUT2D eigenvalue weighted by molar-refractivity contribution is 0.0597. The SMILES string of the molecule is COC(=O)c1ccc(NS(=O)(=O)c2c(C)c(C)c(C)c(C)c2C)cc1OC. The van der Waals surface area contributed by atoms with E-state index < -0.39 is 16.0 Å². The van der Waals surface area contributed by atoms with Crippen molar-refractivity contribution in [3.05, 3.63) is 51.6 Å². The van der Waals surface area contributed by atoms with Crippen LogP contribution in [0.4, 0.5) is 5.69 Å². The van der Waals surface area contributed by atoms with E-state index in [-0.39, 0.29) is 16.2 Å². The summed E-state index contributed by atoms with van der Waals surface area (Å²) in [5, 5.41) is 0. The van der Waals surface area contributed by atoms with Crippen molar-refractivity contribution in [1.29, 1.82) is 0 Å². The first-order chi connectivity index (χ1) is 12.5. The average molecular weight is 391 g/mol. The predicted molar refractivity (Wildman–Crippen MR) is 105 cm³/mol. The highest BCUT2D eigenvalue weighted by molar-refractivity contribution is 7.92. The molecule has 0 radical (unpaired) electrons.